The van der Waals surface area contributed by atoms with E-state index in [-0.39, 0.29) is 36.6 Å². The standard InChI is InChI=1S/C23H37N3O4.ClH/c1-3-5-15-30-22(28)16-20(4-2)25-23(29)19-7-6-14-26(17-19)21(27)9-8-18-10-12-24-13-11-18;/h2,18-20,24H,3,5-17H2,1H3,(H,25,29);1H/t19-,20-;/m1./s1. The number of halogens is 1. The molecule has 2 saturated heterocycles. The molecule has 2 aliphatic rings. The number of likely N-dealkylation sites (tertiary alicyclic amines) is 1. The number of carbonyl (C=O) groups excluding carboxylic acids is 3. The highest BCUT2D eigenvalue weighted by molar-refractivity contribution is 5.85. The van der Waals surface area contributed by atoms with E-state index in [9.17, 15) is 14.4 Å². The number of amides is 2. The normalized spacial score (nSPS) is 20.1. The fraction of sp³-hybridized carbons (Fsp3) is 0.783. The second kappa shape index (κ2) is 15.1. The highest BCUT2D eigenvalue weighted by Gasteiger charge is 2.30. The largest absolute Gasteiger partial charge is 0.466 e. The van der Waals surface area contributed by atoms with Crippen LogP contribution in [0.1, 0.15) is 64.7 Å². The molecule has 0 radical (unpaired) electrons. The maximum absolute atomic E-state index is 12.7. The first kappa shape index (κ1) is 27.3. The zero-order valence-corrected chi connectivity index (χ0v) is 19.5. The van der Waals surface area contributed by atoms with Crippen LogP contribution in [0.2, 0.25) is 0 Å². The molecule has 0 spiro atoms. The highest BCUT2D eigenvalue weighted by Crippen LogP contribution is 2.21. The molecule has 2 amide bonds. The first-order valence-corrected chi connectivity index (χ1v) is 11.4. The van der Waals surface area contributed by atoms with Crippen LogP contribution in [0.4, 0.5) is 0 Å². The zero-order chi connectivity index (χ0) is 21.8. The van der Waals surface area contributed by atoms with Crippen molar-refractivity contribution in [3.05, 3.63) is 0 Å². The van der Waals surface area contributed by atoms with Gasteiger partial charge >= 0.3 is 5.97 Å². The Balaban J connectivity index is 0.00000480. The second-order valence-corrected chi connectivity index (χ2v) is 8.42. The molecule has 2 N–H and O–H groups in total. The summed E-state index contributed by atoms with van der Waals surface area (Å²) in [4.78, 5) is 39.0. The van der Waals surface area contributed by atoms with Gasteiger partial charge in [-0.2, -0.15) is 0 Å². The van der Waals surface area contributed by atoms with Crippen LogP contribution in [0.3, 0.4) is 0 Å². The molecular weight excluding hydrogens is 418 g/mol. The Hall–Kier alpha value is -1.78. The van der Waals surface area contributed by atoms with Crippen molar-refractivity contribution in [2.24, 2.45) is 11.8 Å². The van der Waals surface area contributed by atoms with Crippen molar-refractivity contribution in [1.29, 1.82) is 0 Å². The lowest BCUT2D eigenvalue weighted by Gasteiger charge is -2.33. The van der Waals surface area contributed by atoms with Gasteiger partial charge in [-0.3, -0.25) is 14.4 Å². The molecule has 176 valence electrons. The van der Waals surface area contributed by atoms with Crippen molar-refractivity contribution in [2.45, 2.75) is 70.8 Å². The average molecular weight is 456 g/mol. The third-order valence-electron chi connectivity index (χ3n) is 6.02. The van der Waals surface area contributed by atoms with Crippen molar-refractivity contribution in [3.63, 3.8) is 0 Å². The maximum Gasteiger partial charge on any atom is 0.308 e. The van der Waals surface area contributed by atoms with Gasteiger partial charge in [-0.25, -0.2) is 0 Å². The Morgan fingerprint density at radius 1 is 1.26 bits per heavy atom. The molecule has 31 heavy (non-hydrogen) atoms. The van der Waals surface area contributed by atoms with Crippen LogP contribution in [-0.4, -0.2) is 61.5 Å². The molecule has 0 bridgehead atoms. The minimum absolute atomic E-state index is 0. The highest BCUT2D eigenvalue weighted by atomic mass is 35.5. The lowest BCUT2D eigenvalue weighted by molar-refractivity contribution is -0.144. The fourth-order valence-electron chi connectivity index (χ4n) is 4.07. The molecule has 2 fully saturated rings. The monoisotopic (exact) mass is 455 g/mol. The molecule has 2 heterocycles. The van der Waals surface area contributed by atoms with Crippen LogP contribution in [0.15, 0.2) is 0 Å². The van der Waals surface area contributed by atoms with E-state index in [4.69, 9.17) is 11.2 Å². The molecule has 0 aromatic heterocycles. The van der Waals surface area contributed by atoms with Gasteiger partial charge in [-0.1, -0.05) is 19.3 Å². The van der Waals surface area contributed by atoms with Gasteiger partial charge in [0.25, 0.3) is 0 Å². The lowest BCUT2D eigenvalue weighted by Crippen LogP contribution is -2.47. The van der Waals surface area contributed by atoms with Crippen LogP contribution < -0.4 is 10.6 Å². The first-order valence-electron chi connectivity index (χ1n) is 11.4. The quantitative estimate of drug-likeness (QED) is 0.300. The van der Waals surface area contributed by atoms with Crippen molar-refractivity contribution in [2.75, 3.05) is 32.8 Å². The van der Waals surface area contributed by atoms with E-state index >= 15 is 0 Å². The molecule has 0 aromatic carbocycles. The van der Waals surface area contributed by atoms with Crippen LogP contribution >= 0.6 is 12.4 Å². The van der Waals surface area contributed by atoms with Gasteiger partial charge in [0.05, 0.1) is 18.9 Å². The Morgan fingerprint density at radius 2 is 2.00 bits per heavy atom. The number of nitrogens with zero attached hydrogens (tertiary/aromatic N) is 1. The summed E-state index contributed by atoms with van der Waals surface area (Å²) < 4.78 is 5.12. The van der Waals surface area contributed by atoms with Gasteiger partial charge in [0.15, 0.2) is 0 Å². The minimum atomic E-state index is -0.683. The van der Waals surface area contributed by atoms with Gasteiger partial charge in [-0.15, -0.1) is 18.8 Å². The number of hydrogen-bond donors (Lipinski definition) is 2. The van der Waals surface area contributed by atoms with E-state index in [1.807, 2.05) is 11.8 Å². The SMILES string of the molecule is C#C[C@H](CC(=O)OCCCC)NC(=O)[C@@H]1CCCN(C(=O)CCC2CCNCC2)C1.Cl. The van der Waals surface area contributed by atoms with E-state index in [0.717, 1.165) is 58.0 Å². The summed E-state index contributed by atoms with van der Waals surface area (Å²) >= 11 is 0. The van der Waals surface area contributed by atoms with Gasteiger partial charge in [-0.05, 0) is 57.5 Å². The number of unbranched alkanes of at least 4 members (excludes halogenated alkanes) is 1. The Labute approximate surface area is 192 Å². The number of terminal acetylenes is 1. The fourth-order valence-corrected chi connectivity index (χ4v) is 4.07. The van der Waals surface area contributed by atoms with Crippen molar-refractivity contribution in [1.82, 2.24) is 15.5 Å². The van der Waals surface area contributed by atoms with E-state index < -0.39 is 12.0 Å². The number of ether oxygens (including phenoxy) is 1. The summed E-state index contributed by atoms with van der Waals surface area (Å²) in [6.07, 6.45) is 12.5. The smallest absolute Gasteiger partial charge is 0.308 e. The van der Waals surface area contributed by atoms with E-state index in [0.29, 0.717) is 32.0 Å². The molecule has 7 nitrogen and oxygen atoms in total. The summed E-state index contributed by atoms with van der Waals surface area (Å²) in [5.41, 5.74) is 0. The Kier molecular flexibility index (Phi) is 13.3. The number of piperidine rings is 2. The van der Waals surface area contributed by atoms with Gasteiger partial charge in [0.2, 0.25) is 11.8 Å². The molecule has 2 rings (SSSR count). The molecule has 8 heteroatoms. The van der Waals surface area contributed by atoms with Gasteiger partial charge < -0.3 is 20.3 Å². The van der Waals surface area contributed by atoms with Crippen LogP contribution in [0.25, 0.3) is 0 Å². The van der Waals surface area contributed by atoms with Crippen molar-refractivity contribution in [3.8, 4) is 12.3 Å². The number of esters is 1. The van der Waals surface area contributed by atoms with Gasteiger partial charge in [0, 0.05) is 19.5 Å². The summed E-state index contributed by atoms with van der Waals surface area (Å²) in [6.45, 7) is 5.59. The molecule has 0 saturated carbocycles. The zero-order valence-electron chi connectivity index (χ0n) is 18.7. The van der Waals surface area contributed by atoms with Crippen LogP contribution in [0, 0.1) is 24.2 Å². The number of hydrogen-bond acceptors (Lipinski definition) is 5. The summed E-state index contributed by atoms with van der Waals surface area (Å²) in [6, 6.07) is -0.683. The third kappa shape index (κ3) is 9.92. The summed E-state index contributed by atoms with van der Waals surface area (Å²) in [5, 5.41) is 6.13. The van der Waals surface area contributed by atoms with Crippen LogP contribution in [-0.2, 0) is 19.1 Å². The Morgan fingerprint density at radius 3 is 2.68 bits per heavy atom. The summed E-state index contributed by atoms with van der Waals surface area (Å²) in [7, 11) is 0. The van der Waals surface area contributed by atoms with E-state index in [2.05, 4.69) is 16.6 Å². The lowest BCUT2D eigenvalue weighted by atomic mass is 9.92. The third-order valence-corrected chi connectivity index (χ3v) is 6.02. The minimum Gasteiger partial charge on any atom is -0.466 e. The predicted molar refractivity (Wildman–Crippen MR) is 123 cm³/mol. The number of carbonyl (C=O) groups is 3. The maximum atomic E-state index is 12.7. The first-order chi connectivity index (χ1) is 14.5. The molecular formula is C23H38ClN3O4. The molecule has 0 unspecified atom stereocenters. The van der Waals surface area contributed by atoms with Crippen LogP contribution in [0.5, 0.6) is 0 Å². The Bertz CT molecular complexity index is 616. The van der Waals surface area contributed by atoms with Crippen molar-refractivity contribution >= 4 is 30.2 Å². The van der Waals surface area contributed by atoms with E-state index in [1.54, 1.807) is 0 Å². The van der Waals surface area contributed by atoms with Crippen molar-refractivity contribution < 1.29 is 19.1 Å². The topological polar surface area (TPSA) is 87.7 Å². The van der Waals surface area contributed by atoms with E-state index in [1.165, 1.54) is 0 Å². The number of rotatable bonds is 10. The predicted octanol–water partition coefficient (Wildman–Crippen LogP) is 2.28. The molecule has 0 aliphatic carbocycles. The second-order valence-electron chi connectivity index (χ2n) is 8.42. The molecule has 2 aliphatic heterocycles. The molecule has 2 atom stereocenters. The van der Waals surface area contributed by atoms with Gasteiger partial charge in [0.1, 0.15) is 6.04 Å². The average Bonchev–Trinajstić information content (AvgIpc) is 2.77. The molecule has 0 aromatic rings. The number of nitrogens with one attached hydrogen (secondary N) is 2. The summed E-state index contributed by atoms with van der Waals surface area (Å²) in [5.74, 6) is 2.35.